The van der Waals surface area contributed by atoms with Crippen molar-refractivity contribution in [2.75, 3.05) is 6.61 Å². The van der Waals surface area contributed by atoms with Crippen LogP contribution < -0.4 is 10.2 Å². The third-order valence-electron chi connectivity index (χ3n) is 4.91. The molecule has 1 aromatic heterocycles. The fourth-order valence-electron chi connectivity index (χ4n) is 3.35. The average Bonchev–Trinajstić information content (AvgIpc) is 3.13. The van der Waals surface area contributed by atoms with E-state index in [0.717, 1.165) is 28.6 Å². The summed E-state index contributed by atoms with van der Waals surface area (Å²) in [6.07, 6.45) is 3.70. The van der Waals surface area contributed by atoms with E-state index in [-0.39, 0.29) is 12.5 Å². The van der Waals surface area contributed by atoms with Gasteiger partial charge in [0.05, 0.1) is 6.21 Å². The Labute approximate surface area is 185 Å². The molecule has 0 aliphatic rings. The highest BCUT2D eigenvalue weighted by atomic mass is 35.5. The zero-order valence-corrected chi connectivity index (χ0v) is 17.8. The van der Waals surface area contributed by atoms with Crippen LogP contribution in [0.15, 0.2) is 84.1 Å². The Morgan fingerprint density at radius 2 is 1.87 bits per heavy atom. The predicted molar refractivity (Wildman–Crippen MR) is 125 cm³/mol. The second kappa shape index (κ2) is 9.49. The Bertz CT molecular complexity index is 1230. The van der Waals surface area contributed by atoms with E-state index in [1.807, 2.05) is 49.5 Å². The van der Waals surface area contributed by atoms with E-state index in [2.05, 4.69) is 33.3 Å². The van der Waals surface area contributed by atoms with Gasteiger partial charge < -0.3 is 9.30 Å². The van der Waals surface area contributed by atoms with Crippen LogP contribution in [0.5, 0.6) is 5.75 Å². The second-order valence-corrected chi connectivity index (χ2v) is 7.62. The van der Waals surface area contributed by atoms with Crippen LogP contribution in [-0.4, -0.2) is 23.3 Å². The molecule has 0 bridgehead atoms. The lowest BCUT2D eigenvalue weighted by Gasteiger charge is -2.06. The molecule has 0 aliphatic heterocycles. The summed E-state index contributed by atoms with van der Waals surface area (Å²) in [4.78, 5) is 12.1. The molecule has 0 saturated carbocycles. The average molecular weight is 432 g/mol. The summed E-state index contributed by atoms with van der Waals surface area (Å²) in [6, 6.07) is 23.7. The van der Waals surface area contributed by atoms with Crippen molar-refractivity contribution in [2.45, 2.75) is 13.5 Å². The van der Waals surface area contributed by atoms with E-state index in [0.29, 0.717) is 10.8 Å². The van der Waals surface area contributed by atoms with Gasteiger partial charge in [0.15, 0.2) is 6.61 Å². The molecule has 5 nitrogen and oxygen atoms in total. The number of fused-ring (bicyclic) bond motifs is 1. The van der Waals surface area contributed by atoms with Crippen molar-refractivity contribution in [3.05, 3.63) is 101 Å². The first-order valence-electron chi connectivity index (χ1n) is 9.93. The van der Waals surface area contributed by atoms with Crippen LogP contribution in [0.4, 0.5) is 0 Å². The molecule has 0 unspecified atom stereocenters. The summed E-state index contributed by atoms with van der Waals surface area (Å²) in [5.74, 6) is 0.252. The van der Waals surface area contributed by atoms with Gasteiger partial charge in [-0.25, -0.2) is 5.43 Å². The molecule has 4 aromatic rings. The Hall–Kier alpha value is -3.57. The van der Waals surface area contributed by atoms with E-state index in [9.17, 15) is 4.79 Å². The molecule has 1 heterocycles. The van der Waals surface area contributed by atoms with Gasteiger partial charge in [0.2, 0.25) is 0 Å². The maximum absolute atomic E-state index is 12.1. The number of aryl methyl sites for hydroxylation is 1. The number of para-hydroxylation sites is 1. The lowest BCUT2D eigenvalue weighted by Crippen LogP contribution is -2.24. The molecule has 1 N–H and O–H groups in total. The van der Waals surface area contributed by atoms with Gasteiger partial charge in [-0.3, -0.25) is 4.79 Å². The van der Waals surface area contributed by atoms with Gasteiger partial charge in [-0.15, -0.1) is 0 Å². The van der Waals surface area contributed by atoms with Crippen molar-refractivity contribution in [3.8, 4) is 5.75 Å². The molecule has 0 fully saturated rings. The summed E-state index contributed by atoms with van der Waals surface area (Å²) in [6.45, 7) is 2.51. The number of hydrogen-bond acceptors (Lipinski definition) is 3. The van der Waals surface area contributed by atoms with Crippen LogP contribution in [0.25, 0.3) is 10.9 Å². The molecule has 0 atom stereocenters. The molecule has 0 aliphatic carbocycles. The molecular weight excluding hydrogens is 410 g/mol. The van der Waals surface area contributed by atoms with Gasteiger partial charge in [-0.2, -0.15) is 5.10 Å². The van der Waals surface area contributed by atoms with E-state index in [1.165, 1.54) is 5.56 Å². The predicted octanol–water partition coefficient (Wildman–Crippen LogP) is 5.18. The Balaban J connectivity index is 1.42. The van der Waals surface area contributed by atoms with E-state index in [4.69, 9.17) is 16.3 Å². The number of rotatable bonds is 7. The van der Waals surface area contributed by atoms with Crippen LogP contribution in [-0.2, 0) is 11.3 Å². The van der Waals surface area contributed by atoms with Crippen LogP contribution >= 0.6 is 11.6 Å². The Morgan fingerprint density at radius 3 is 2.68 bits per heavy atom. The maximum Gasteiger partial charge on any atom is 0.277 e. The molecule has 31 heavy (non-hydrogen) atoms. The van der Waals surface area contributed by atoms with Gasteiger partial charge in [-0.05, 0) is 42.3 Å². The van der Waals surface area contributed by atoms with Crippen molar-refractivity contribution < 1.29 is 9.53 Å². The smallest absolute Gasteiger partial charge is 0.277 e. The topological polar surface area (TPSA) is 55.6 Å². The molecule has 0 spiro atoms. The quantitative estimate of drug-likeness (QED) is 0.324. The molecule has 1 amide bonds. The Kier molecular flexibility index (Phi) is 6.34. The molecule has 3 aromatic carbocycles. The number of amides is 1. The van der Waals surface area contributed by atoms with Gasteiger partial charge >= 0.3 is 0 Å². The Morgan fingerprint density at radius 1 is 1.10 bits per heavy atom. The minimum Gasteiger partial charge on any atom is -0.484 e. The van der Waals surface area contributed by atoms with Gasteiger partial charge in [0.25, 0.3) is 5.91 Å². The zero-order chi connectivity index (χ0) is 21.6. The molecule has 6 heteroatoms. The zero-order valence-electron chi connectivity index (χ0n) is 17.1. The highest BCUT2D eigenvalue weighted by Gasteiger charge is 2.08. The normalized spacial score (nSPS) is 11.2. The molecule has 0 saturated heterocycles. The highest BCUT2D eigenvalue weighted by Crippen LogP contribution is 2.22. The first-order chi connectivity index (χ1) is 15.1. The SMILES string of the molecule is Cc1cc(OCC(=O)N/N=C/c2cn(Cc3ccccc3)c3ccccc23)ccc1Cl. The largest absolute Gasteiger partial charge is 0.484 e. The molecule has 4 rings (SSSR count). The number of hydrogen-bond donors (Lipinski definition) is 1. The molecule has 156 valence electrons. The van der Waals surface area contributed by atoms with Crippen molar-refractivity contribution in [1.82, 2.24) is 9.99 Å². The maximum atomic E-state index is 12.1. The van der Waals surface area contributed by atoms with Crippen molar-refractivity contribution in [2.24, 2.45) is 5.10 Å². The summed E-state index contributed by atoms with van der Waals surface area (Å²) in [5, 5.41) is 5.85. The first-order valence-corrected chi connectivity index (χ1v) is 10.3. The monoisotopic (exact) mass is 431 g/mol. The van der Waals surface area contributed by atoms with Gasteiger partial charge in [0, 0.05) is 34.2 Å². The van der Waals surface area contributed by atoms with Crippen molar-refractivity contribution in [3.63, 3.8) is 0 Å². The fraction of sp³-hybridized carbons (Fsp3) is 0.120. The number of carbonyl (C=O) groups excluding carboxylic acids is 1. The van der Waals surface area contributed by atoms with Crippen LogP contribution in [0.3, 0.4) is 0 Å². The van der Waals surface area contributed by atoms with Crippen molar-refractivity contribution >= 4 is 34.6 Å². The van der Waals surface area contributed by atoms with Crippen molar-refractivity contribution in [1.29, 1.82) is 0 Å². The van der Waals surface area contributed by atoms with Crippen LogP contribution in [0, 0.1) is 6.92 Å². The summed E-state index contributed by atoms with van der Waals surface area (Å²) >= 11 is 6.00. The van der Waals surface area contributed by atoms with E-state index in [1.54, 1.807) is 24.4 Å². The molecule has 0 radical (unpaired) electrons. The fourth-order valence-corrected chi connectivity index (χ4v) is 3.47. The van der Waals surface area contributed by atoms with E-state index < -0.39 is 0 Å². The van der Waals surface area contributed by atoms with Gasteiger partial charge in [0.1, 0.15) is 5.75 Å². The number of aromatic nitrogens is 1. The number of nitrogens with one attached hydrogen (secondary N) is 1. The third-order valence-corrected chi connectivity index (χ3v) is 5.33. The third kappa shape index (κ3) is 5.13. The highest BCUT2D eigenvalue weighted by molar-refractivity contribution is 6.31. The minimum atomic E-state index is -0.336. The molecular formula is C25H22ClN3O2. The second-order valence-electron chi connectivity index (χ2n) is 7.21. The lowest BCUT2D eigenvalue weighted by molar-refractivity contribution is -0.123. The summed E-state index contributed by atoms with van der Waals surface area (Å²) in [5.41, 5.74) is 6.67. The van der Waals surface area contributed by atoms with Crippen LogP contribution in [0.1, 0.15) is 16.7 Å². The number of hydrazone groups is 1. The summed E-state index contributed by atoms with van der Waals surface area (Å²) < 4.78 is 7.68. The first kappa shape index (κ1) is 20.7. The minimum absolute atomic E-state index is 0.131. The number of carbonyl (C=O) groups is 1. The standard InChI is InChI=1S/C25H22ClN3O2/c1-18-13-21(11-12-23(18)26)31-17-25(30)28-27-14-20-16-29(15-19-7-3-2-4-8-19)24-10-6-5-9-22(20)24/h2-14,16H,15,17H2,1H3,(H,28,30)/b27-14+. The number of halogens is 1. The lowest BCUT2D eigenvalue weighted by atomic mass is 10.2. The van der Waals surface area contributed by atoms with E-state index >= 15 is 0 Å². The van der Waals surface area contributed by atoms with Gasteiger partial charge in [-0.1, -0.05) is 60.1 Å². The van der Waals surface area contributed by atoms with Crippen LogP contribution in [0.2, 0.25) is 5.02 Å². The number of ether oxygens (including phenoxy) is 1. The number of nitrogens with zero attached hydrogens (tertiary/aromatic N) is 2. The number of benzene rings is 3. The summed E-state index contributed by atoms with van der Waals surface area (Å²) in [7, 11) is 0.